The number of hydrogen-bond acceptors (Lipinski definition) is 9. The molecule has 3 aromatic rings. The van der Waals surface area contributed by atoms with Gasteiger partial charge in [0.1, 0.15) is 30.0 Å². The Hall–Kier alpha value is -3.25. The van der Waals surface area contributed by atoms with Crippen LogP contribution in [0.15, 0.2) is 53.8 Å². The molecule has 0 spiro atoms. The molecular weight excluding hydrogens is 478 g/mol. The molecule has 1 aliphatic heterocycles. The summed E-state index contributed by atoms with van der Waals surface area (Å²) in [7, 11) is 0. The molecule has 0 saturated carbocycles. The van der Waals surface area contributed by atoms with Crippen LogP contribution in [-0.4, -0.2) is 74.9 Å². The second-order valence-electron chi connectivity index (χ2n) is 9.24. The summed E-state index contributed by atoms with van der Waals surface area (Å²) in [4.78, 5) is 21.9. The van der Waals surface area contributed by atoms with Gasteiger partial charge in [-0.2, -0.15) is 4.91 Å². The summed E-state index contributed by atoms with van der Waals surface area (Å²) in [6, 6.07) is 13.1. The van der Waals surface area contributed by atoms with Crippen LogP contribution >= 0.6 is 0 Å². The maximum atomic E-state index is 11.7. The predicted octanol–water partition coefficient (Wildman–Crippen LogP) is 2.39. The highest BCUT2D eigenvalue weighted by Crippen LogP contribution is 2.28. The normalized spacial score (nSPS) is 23.7. The van der Waals surface area contributed by atoms with Gasteiger partial charge in [-0.05, 0) is 23.6 Å². The summed E-state index contributed by atoms with van der Waals surface area (Å²) in [6.45, 7) is 2.09. The smallest absolute Gasteiger partial charge is 0.217 e. The number of hydrogen-bond donors (Lipinski definition) is 3. The molecule has 11 heteroatoms. The van der Waals surface area contributed by atoms with E-state index in [9.17, 15) is 19.9 Å². The van der Waals surface area contributed by atoms with Gasteiger partial charge in [0.25, 0.3) is 0 Å². The summed E-state index contributed by atoms with van der Waals surface area (Å²) in [5.41, 5.74) is 1.61. The fraction of sp³-hybridized carbons (Fsp3) is 0.500. The molecule has 0 radical (unpaired) electrons. The number of carbonyl (C=O) groups excluding carboxylic acids is 1. The van der Waals surface area contributed by atoms with Gasteiger partial charge in [-0.25, -0.2) is 4.68 Å². The largest absolute Gasteiger partial charge is 0.388 e. The Kier molecular flexibility index (Phi) is 9.29. The highest BCUT2D eigenvalue weighted by Gasteiger charge is 2.45. The standard InChI is InChI=1S/C26H33N5O6/c1-17(32)28-23-25(34)24(33)22(37-26(23)36-14-7-3-2-6-13-27-35)16-31-15-21(29-30-31)20-12-8-10-18-9-4-5-11-19(18)20/h4-5,8-12,15,22-26,33-34H,2-3,6-7,13-14,16H2,1H3,(H,28,32). The number of amides is 1. The highest BCUT2D eigenvalue weighted by molar-refractivity contribution is 5.95. The van der Waals surface area contributed by atoms with Crippen molar-refractivity contribution in [2.75, 3.05) is 13.2 Å². The van der Waals surface area contributed by atoms with Crippen LogP contribution in [0, 0.1) is 4.91 Å². The van der Waals surface area contributed by atoms with E-state index in [0.29, 0.717) is 25.3 Å². The minimum absolute atomic E-state index is 0.126. The van der Waals surface area contributed by atoms with Gasteiger partial charge >= 0.3 is 0 Å². The van der Waals surface area contributed by atoms with Gasteiger partial charge in [0.05, 0.1) is 19.3 Å². The van der Waals surface area contributed by atoms with E-state index in [-0.39, 0.29) is 12.5 Å². The first kappa shape index (κ1) is 26.8. The molecule has 3 N–H and O–H groups in total. The monoisotopic (exact) mass is 511 g/mol. The number of nitroso groups, excluding NO2 is 1. The van der Waals surface area contributed by atoms with Crippen molar-refractivity contribution < 1.29 is 24.5 Å². The summed E-state index contributed by atoms with van der Waals surface area (Å²) >= 11 is 0. The van der Waals surface area contributed by atoms with Crippen LogP contribution in [0.3, 0.4) is 0 Å². The highest BCUT2D eigenvalue weighted by atomic mass is 16.7. The molecule has 2 heterocycles. The van der Waals surface area contributed by atoms with E-state index in [1.807, 2.05) is 42.5 Å². The van der Waals surface area contributed by atoms with Crippen molar-refractivity contribution in [3.05, 3.63) is 53.6 Å². The van der Waals surface area contributed by atoms with Gasteiger partial charge in [-0.1, -0.05) is 65.7 Å². The molecule has 5 unspecified atom stereocenters. The number of aromatic nitrogens is 3. The number of aliphatic hydroxyl groups excluding tert-OH is 2. The molecule has 5 atom stereocenters. The molecule has 1 amide bonds. The van der Waals surface area contributed by atoms with Crippen molar-refractivity contribution >= 4 is 16.7 Å². The molecule has 4 rings (SSSR count). The molecule has 0 aliphatic carbocycles. The predicted molar refractivity (Wildman–Crippen MR) is 136 cm³/mol. The topological polar surface area (TPSA) is 148 Å². The van der Waals surface area contributed by atoms with Crippen molar-refractivity contribution in [3.63, 3.8) is 0 Å². The molecule has 1 fully saturated rings. The zero-order valence-corrected chi connectivity index (χ0v) is 20.8. The van der Waals surface area contributed by atoms with Crippen LogP contribution in [-0.2, 0) is 20.8 Å². The van der Waals surface area contributed by atoms with Crippen molar-refractivity contribution in [1.82, 2.24) is 20.3 Å². The number of nitrogens with one attached hydrogen (secondary N) is 1. The van der Waals surface area contributed by atoms with Crippen molar-refractivity contribution in [1.29, 1.82) is 0 Å². The molecule has 11 nitrogen and oxygen atoms in total. The third-order valence-corrected chi connectivity index (χ3v) is 6.47. The number of nitrogens with zero attached hydrogens (tertiary/aromatic N) is 4. The van der Waals surface area contributed by atoms with Crippen molar-refractivity contribution in [2.24, 2.45) is 5.18 Å². The molecular formula is C26H33N5O6. The van der Waals surface area contributed by atoms with E-state index in [1.165, 1.54) is 6.92 Å². The molecule has 1 aliphatic rings. The minimum Gasteiger partial charge on any atom is -0.388 e. The number of aliphatic hydroxyl groups is 2. The third-order valence-electron chi connectivity index (χ3n) is 6.47. The lowest BCUT2D eigenvalue weighted by molar-refractivity contribution is -0.267. The van der Waals surface area contributed by atoms with Crippen LogP contribution in [0.4, 0.5) is 0 Å². The van der Waals surface area contributed by atoms with Gasteiger partial charge < -0.3 is 25.0 Å². The Morgan fingerprint density at radius 3 is 2.70 bits per heavy atom. The third kappa shape index (κ3) is 6.75. The molecule has 37 heavy (non-hydrogen) atoms. The van der Waals surface area contributed by atoms with Crippen LogP contribution in [0.25, 0.3) is 22.0 Å². The van der Waals surface area contributed by atoms with E-state index in [4.69, 9.17) is 9.47 Å². The number of benzene rings is 2. The Morgan fingerprint density at radius 1 is 1.11 bits per heavy atom. The molecule has 1 aromatic heterocycles. The average molecular weight is 512 g/mol. The first-order valence-electron chi connectivity index (χ1n) is 12.6. The number of rotatable bonds is 12. The van der Waals surface area contributed by atoms with E-state index in [1.54, 1.807) is 10.9 Å². The maximum absolute atomic E-state index is 11.7. The first-order chi connectivity index (χ1) is 18.0. The number of carbonyl (C=O) groups is 1. The lowest BCUT2D eigenvalue weighted by Crippen LogP contribution is -2.64. The first-order valence-corrected chi connectivity index (χ1v) is 12.6. The van der Waals surface area contributed by atoms with Crippen LogP contribution < -0.4 is 5.32 Å². The average Bonchev–Trinajstić information content (AvgIpc) is 3.36. The quantitative estimate of drug-likeness (QED) is 0.248. The fourth-order valence-electron chi connectivity index (χ4n) is 4.59. The Labute approximate surface area is 214 Å². The zero-order chi connectivity index (χ0) is 26.2. The number of ether oxygens (including phenoxy) is 2. The minimum atomic E-state index is -1.30. The van der Waals surface area contributed by atoms with E-state index >= 15 is 0 Å². The van der Waals surface area contributed by atoms with Crippen LogP contribution in [0.5, 0.6) is 0 Å². The second kappa shape index (κ2) is 12.8. The Balaban J connectivity index is 1.43. The van der Waals surface area contributed by atoms with E-state index < -0.39 is 30.6 Å². The second-order valence-corrected chi connectivity index (χ2v) is 9.24. The van der Waals surface area contributed by atoms with Crippen molar-refractivity contribution in [2.45, 2.75) is 69.8 Å². The Bertz CT molecular complexity index is 1180. The lowest BCUT2D eigenvalue weighted by atomic mass is 9.96. The van der Waals surface area contributed by atoms with Crippen molar-refractivity contribution in [3.8, 4) is 11.3 Å². The van der Waals surface area contributed by atoms with Gasteiger partial charge in [-0.3, -0.25) is 4.79 Å². The number of fused-ring (bicyclic) bond motifs is 1. The van der Waals surface area contributed by atoms with Gasteiger partial charge in [0, 0.05) is 19.1 Å². The number of unbranched alkanes of at least 4 members (excludes halogenated alkanes) is 3. The lowest BCUT2D eigenvalue weighted by Gasteiger charge is -2.42. The zero-order valence-electron chi connectivity index (χ0n) is 20.8. The molecule has 198 valence electrons. The molecule has 2 aromatic carbocycles. The van der Waals surface area contributed by atoms with E-state index in [2.05, 4.69) is 20.8 Å². The summed E-state index contributed by atoms with van der Waals surface area (Å²) in [5.74, 6) is -0.371. The van der Waals surface area contributed by atoms with Crippen LogP contribution in [0.2, 0.25) is 0 Å². The Morgan fingerprint density at radius 2 is 1.89 bits per heavy atom. The fourth-order valence-corrected chi connectivity index (χ4v) is 4.59. The van der Waals surface area contributed by atoms with Gasteiger partial charge in [0.2, 0.25) is 5.91 Å². The van der Waals surface area contributed by atoms with E-state index in [0.717, 1.165) is 35.6 Å². The van der Waals surface area contributed by atoms with Gasteiger partial charge in [-0.15, -0.1) is 5.10 Å². The summed E-state index contributed by atoms with van der Waals surface area (Å²) in [5, 5.41) is 37.7. The molecule has 0 bridgehead atoms. The molecule has 1 saturated heterocycles. The summed E-state index contributed by atoms with van der Waals surface area (Å²) in [6.07, 6.45) is 0.535. The van der Waals surface area contributed by atoms with Crippen LogP contribution in [0.1, 0.15) is 32.6 Å². The van der Waals surface area contributed by atoms with Gasteiger partial charge in [0.15, 0.2) is 6.29 Å². The maximum Gasteiger partial charge on any atom is 0.217 e. The summed E-state index contributed by atoms with van der Waals surface area (Å²) < 4.78 is 13.5. The SMILES string of the molecule is CC(=O)NC1C(OCCCCCCN=O)OC(Cn2cc(-c3cccc4ccccc34)nn2)C(O)C1O.